The van der Waals surface area contributed by atoms with Crippen LogP contribution in [0.4, 0.5) is 10.5 Å². The molecule has 3 aromatic rings. The minimum absolute atomic E-state index is 0.0511. The van der Waals surface area contributed by atoms with E-state index in [2.05, 4.69) is 20.9 Å². The van der Waals surface area contributed by atoms with Crippen LogP contribution in [-0.4, -0.2) is 88.4 Å². The minimum Gasteiger partial charge on any atom is -0.394 e. The maximum Gasteiger partial charge on any atom is 0.333 e. The number of ether oxygens (including phenoxy) is 1. The first-order chi connectivity index (χ1) is 18.0. The number of rotatable bonds is 5. The molecule has 1 aliphatic carbocycles. The van der Waals surface area contributed by atoms with Gasteiger partial charge in [-0.25, -0.2) is 9.80 Å². The van der Waals surface area contributed by atoms with Crippen LogP contribution in [0.5, 0.6) is 0 Å². The summed E-state index contributed by atoms with van der Waals surface area (Å²) in [6.45, 7) is 2.83. The highest BCUT2D eigenvalue weighted by molar-refractivity contribution is 7.17. The molecule has 1 atom stereocenters. The number of morpholine rings is 1. The quantitative estimate of drug-likeness (QED) is 0.315. The second-order valence-electron chi connectivity index (χ2n) is 9.19. The Balaban J connectivity index is 1.24. The van der Waals surface area contributed by atoms with Gasteiger partial charge in [0.2, 0.25) is 0 Å². The van der Waals surface area contributed by atoms with Gasteiger partial charge in [-0.15, -0.1) is 11.3 Å². The monoisotopic (exact) mass is 522 g/mol. The molecule has 0 unspecified atom stereocenters. The highest BCUT2D eigenvalue weighted by atomic mass is 32.1. The molecule has 2 aliphatic heterocycles. The smallest absolute Gasteiger partial charge is 0.333 e. The predicted molar refractivity (Wildman–Crippen MR) is 136 cm³/mol. The molecule has 12 heteroatoms. The van der Waals surface area contributed by atoms with Crippen LogP contribution >= 0.6 is 11.3 Å². The Labute approximate surface area is 216 Å². The van der Waals surface area contributed by atoms with E-state index in [1.165, 1.54) is 11.3 Å². The van der Waals surface area contributed by atoms with Crippen molar-refractivity contribution in [3.8, 4) is 21.8 Å². The van der Waals surface area contributed by atoms with Gasteiger partial charge >= 0.3 is 6.03 Å². The second-order valence-corrected chi connectivity index (χ2v) is 10.3. The van der Waals surface area contributed by atoms with Crippen LogP contribution in [-0.2, 0) is 4.74 Å². The zero-order valence-corrected chi connectivity index (χ0v) is 20.8. The molecule has 192 valence electrons. The summed E-state index contributed by atoms with van der Waals surface area (Å²) in [4.78, 5) is 42.2. The lowest BCUT2D eigenvalue weighted by Crippen LogP contribution is -2.49. The lowest BCUT2D eigenvalue weighted by molar-refractivity contribution is 0.0207. The first-order valence-corrected chi connectivity index (χ1v) is 13.1. The Morgan fingerprint density at radius 2 is 2.00 bits per heavy atom. The molecule has 6 rings (SSSR count). The lowest BCUT2D eigenvalue weighted by atomic mass is 10.1. The van der Waals surface area contributed by atoms with Crippen LogP contribution in [0.3, 0.4) is 0 Å². The maximum absolute atomic E-state index is 13.6. The molecule has 4 N–H and O–H groups in total. The summed E-state index contributed by atoms with van der Waals surface area (Å²) in [5, 5.41) is 21.6. The third kappa shape index (κ3) is 4.21. The summed E-state index contributed by atoms with van der Waals surface area (Å²) in [7, 11) is 0. The summed E-state index contributed by atoms with van der Waals surface area (Å²) in [5.41, 5.74) is 5.76. The Morgan fingerprint density at radius 1 is 1.16 bits per heavy atom. The van der Waals surface area contributed by atoms with E-state index in [0.29, 0.717) is 76.4 Å². The first kappa shape index (κ1) is 23.8. The van der Waals surface area contributed by atoms with Crippen LogP contribution in [0.1, 0.15) is 38.4 Å². The number of urea groups is 1. The van der Waals surface area contributed by atoms with E-state index in [-0.39, 0.29) is 24.3 Å². The van der Waals surface area contributed by atoms with Crippen LogP contribution < -0.4 is 10.7 Å². The molecule has 3 amide bonds. The number of hydrogen-bond donors (Lipinski definition) is 4. The number of thiophene rings is 1. The van der Waals surface area contributed by atoms with Gasteiger partial charge in [0.15, 0.2) is 5.78 Å². The number of anilines is 1. The number of aliphatic hydroxyl groups excluding tert-OH is 1. The maximum atomic E-state index is 13.6. The largest absolute Gasteiger partial charge is 0.394 e. The molecule has 4 heterocycles. The van der Waals surface area contributed by atoms with E-state index < -0.39 is 6.03 Å². The lowest BCUT2D eigenvalue weighted by Gasteiger charge is -2.27. The van der Waals surface area contributed by atoms with Crippen LogP contribution in [0.25, 0.3) is 21.8 Å². The third-order valence-electron chi connectivity index (χ3n) is 6.97. The molecular weight excluding hydrogens is 496 g/mol. The van der Waals surface area contributed by atoms with Crippen LogP contribution in [0, 0.1) is 0 Å². The number of nitrogens with one attached hydrogen (secondary N) is 3. The number of aliphatic hydroxyl groups is 1. The molecule has 2 aromatic heterocycles. The van der Waals surface area contributed by atoms with Gasteiger partial charge in [0, 0.05) is 25.2 Å². The number of aromatic amines is 1. The molecule has 0 radical (unpaired) electrons. The summed E-state index contributed by atoms with van der Waals surface area (Å²) in [6, 6.07) is 8.25. The summed E-state index contributed by atoms with van der Waals surface area (Å²) in [5.74, 6) is -0.357. The van der Waals surface area contributed by atoms with Crippen molar-refractivity contribution in [3.05, 3.63) is 46.3 Å². The number of nitrogens with zero attached hydrogens (tertiary/aromatic N) is 3. The zero-order valence-electron chi connectivity index (χ0n) is 20.0. The van der Waals surface area contributed by atoms with Crippen molar-refractivity contribution in [2.75, 3.05) is 44.8 Å². The Bertz CT molecular complexity index is 1380. The normalized spacial score (nSPS) is 19.1. The molecule has 1 aromatic carbocycles. The zero-order chi connectivity index (χ0) is 25.5. The van der Waals surface area contributed by atoms with E-state index in [1.54, 1.807) is 34.2 Å². The number of H-pyrrole nitrogens is 1. The molecule has 0 bridgehead atoms. The van der Waals surface area contributed by atoms with Crippen molar-refractivity contribution in [3.63, 3.8) is 0 Å². The molecule has 0 saturated carbocycles. The number of hydrogen-bond acceptors (Lipinski definition) is 8. The standard InChI is InChI=1S/C25H26N6O5S/c32-13-14-3-2-8-31(14)24(34)18-7-6-17(37-18)22-20-21(27-28-22)15-4-1-5-16(19(15)23(20)33)26-25(35)29-30-9-11-36-12-10-30/h1,4-7,14,32H,2-3,8-13H2,(H,27,28)(H2,26,29,35)/t14-/m0/s1. The summed E-state index contributed by atoms with van der Waals surface area (Å²) in [6.07, 6.45) is 1.66. The van der Waals surface area contributed by atoms with E-state index in [9.17, 15) is 19.5 Å². The Kier molecular flexibility index (Phi) is 6.24. The fraction of sp³-hybridized carbons (Fsp3) is 0.360. The van der Waals surface area contributed by atoms with Crippen molar-refractivity contribution in [2.24, 2.45) is 0 Å². The molecule has 2 fully saturated rings. The van der Waals surface area contributed by atoms with Gasteiger partial charge in [-0.2, -0.15) is 5.10 Å². The number of benzene rings is 1. The van der Waals surface area contributed by atoms with Gasteiger partial charge in [-0.3, -0.25) is 20.1 Å². The van der Waals surface area contributed by atoms with E-state index in [4.69, 9.17) is 4.74 Å². The van der Waals surface area contributed by atoms with E-state index in [0.717, 1.165) is 12.8 Å². The summed E-state index contributed by atoms with van der Waals surface area (Å²) < 4.78 is 5.30. The van der Waals surface area contributed by atoms with E-state index in [1.807, 2.05) is 6.07 Å². The fourth-order valence-electron chi connectivity index (χ4n) is 5.15. The SMILES string of the molecule is O=C(Nc1cccc2c1C(=O)c1c(-c3ccc(C(=O)N4CCC[C@H]4CO)s3)n[nH]c1-2)NN1CCOCC1. The number of aromatic nitrogens is 2. The van der Waals surface area contributed by atoms with Crippen LogP contribution in [0.2, 0.25) is 0 Å². The number of carbonyl (C=O) groups excluding carboxylic acids is 3. The highest BCUT2D eigenvalue weighted by Gasteiger charge is 2.36. The van der Waals surface area contributed by atoms with Crippen molar-refractivity contribution in [1.29, 1.82) is 0 Å². The average Bonchev–Trinajstić information content (AvgIpc) is 3.70. The third-order valence-corrected chi connectivity index (χ3v) is 8.05. The number of fused-ring (bicyclic) bond motifs is 3. The number of amides is 3. The Morgan fingerprint density at radius 3 is 2.81 bits per heavy atom. The molecular formula is C25H26N6O5S. The van der Waals surface area contributed by atoms with Gasteiger partial charge < -0.3 is 20.1 Å². The number of likely N-dealkylation sites (tertiary alicyclic amines) is 1. The minimum atomic E-state index is -0.429. The van der Waals surface area contributed by atoms with Gasteiger partial charge in [0.25, 0.3) is 5.91 Å². The number of hydrazine groups is 1. The number of carbonyl (C=O) groups is 3. The molecule has 37 heavy (non-hydrogen) atoms. The van der Waals surface area contributed by atoms with Crippen molar-refractivity contribution >= 4 is 34.7 Å². The molecule has 2 saturated heterocycles. The topological polar surface area (TPSA) is 140 Å². The van der Waals surface area contributed by atoms with Crippen LogP contribution in [0.15, 0.2) is 30.3 Å². The first-order valence-electron chi connectivity index (χ1n) is 12.2. The molecule has 0 spiro atoms. The van der Waals surface area contributed by atoms with Crippen molar-refractivity contribution in [2.45, 2.75) is 18.9 Å². The van der Waals surface area contributed by atoms with Crippen molar-refractivity contribution in [1.82, 2.24) is 25.5 Å². The van der Waals surface area contributed by atoms with Crippen molar-refractivity contribution < 1.29 is 24.2 Å². The van der Waals surface area contributed by atoms with Gasteiger partial charge in [0.05, 0.1) is 58.1 Å². The highest BCUT2D eigenvalue weighted by Crippen LogP contribution is 2.44. The molecule has 11 nitrogen and oxygen atoms in total. The average molecular weight is 523 g/mol. The van der Waals surface area contributed by atoms with Gasteiger partial charge in [0.1, 0.15) is 5.69 Å². The summed E-state index contributed by atoms with van der Waals surface area (Å²) >= 11 is 1.28. The second kappa shape index (κ2) is 9.71. The van der Waals surface area contributed by atoms with E-state index >= 15 is 0 Å². The fourth-order valence-corrected chi connectivity index (χ4v) is 6.11. The van der Waals surface area contributed by atoms with Gasteiger partial charge in [-0.1, -0.05) is 12.1 Å². The predicted octanol–water partition coefficient (Wildman–Crippen LogP) is 2.32. The number of ketones is 1. The Hall–Kier alpha value is -3.58. The van der Waals surface area contributed by atoms with Gasteiger partial charge in [-0.05, 0) is 31.0 Å². The molecule has 3 aliphatic rings.